The van der Waals surface area contributed by atoms with Gasteiger partial charge in [0.05, 0.1) is 13.3 Å². The number of benzene rings is 1. The Balaban J connectivity index is 2.09. The first-order chi connectivity index (χ1) is 9.17. The van der Waals surface area contributed by atoms with Gasteiger partial charge in [-0.05, 0) is 38.1 Å². The minimum absolute atomic E-state index is 0.262. The summed E-state index contributed by atoms with van der Waals surface area (Å²) in [7, 11) is 1.64. The van der Waals surface area contributed by atoms with Gasteiger partial charge in [0.25, 0.3) is 0 Å². The Bertz CT molecular complexity index is 527. The maximum atomic E-state index is 5.11. The van der Waals surface area contributed by atoms with Gasteiger partial charge in [0, 0.05) is 11.7 Å². The van der Waals surface area contributed by atoms with Gasteiger partial charge in [-0.1, -0.05) is 0 Å². The molecule has 0 unspecified atom stereocenters. The Labute approximate surface area is 112 Å². The Kier molecular flexibility index (Phi) is 4.12. The highest BCUT2D eigenvalue weighted by Crippen LogP contribution is 2.18. The van der Waals surface area contributed by atoms with E-state index in [2.05, 4.69) is 25.8 Å². The highest BCUT2D eigenvalue weighted by molar-refractivity contribution is 5.57. The number of aromatic nitrogens is 3. The fraction of sp³-hybridized carbons (Fsp3) is 0.308. The lowest BCUT2D eigenvalue weighted by Crippen LogP contribution is -2.13. The smallest absolute Gasteiger partial charge is 0.244 e. The van der Waals surface area contributed by atoms with E-state index in [0.29, 0.717) is 11.8 Å². The summed E-state index contributed by atoms with van der Waals surface area (Å²) in [5, 5.41) is 14.1. The van der Waals surface area contributed by atoms with Gasteiger partial charge in [-0.2, -0.15) is 10.1 Å². The molecule has 0 radical (unpaired) electrons. The quantitative estimate of drug-likeness (QED) is 0.859. The van der Waals surface area contributed by atoms with E-state index in [9.17, 15) is 0 Å². The van der Waals surface area contributed by atoms with Gasteiger partial charge < -0.3 is 15.4 Å². The van der Waals surface area contributed by atoms with Crippen LogP contribution in [0.15, 0.2) is 30.5 Å². The van der Waals surface area contributed by atoms with E-state index in [1.165, 1.54) is 0 Å². The molecule has 1 aromatic carbocycles. The van der Waals surface area contributed by atoms with Crippen LogP contribution in [0.25, 0.3) is 0 Å². The molecule has 0 aliphatic carbocycles. The molecule has 0 bridgehead atoms. The lowest BCUT2D eigenvalue weighted by atomic mass is 10.3. The Morgan fingerprint density at radius 1 is 1.16 bits per heavy atom. The first-order valence-corrected chi connectivity index (χ1v) is 6.04. The number of hydrogen-bond acceptors (Lipinski definition) is 6. The number of nitrogens with zero attached hydrogens (tertiary/aromatic N) is 3. The molecule has 0 aliphatic heterocycles. The van der Waals surface area contributed by atoms with Crippen molar-refractivity contribution in [2.75, 3.05) is 17.7 Å². The molecule has 0 fully saturated rings. The molecule has 6 heteroatoms. The van der Waals surface area contributed by atoms with Crippen LogP contribution in [0.4, 0.5) is 17.5 Å². The van der Waals surface area contributed by atoms with Crippen molar-refractivity contribution < 1.29 is 4.74 Å². The number of anilines is 3. The molecule has 0 spiro atoms. The second-order valence-electron chi connectivity index (χ2n) is 4.32. The molecule has 100 valence electrons. The van der Waals surface area contributed by atoms with Crippen molar-refractivity contribution in [2.24, 2.45) is 0 Å². The first kappa shape index (κ1) is 13.1. The average molecular weight is 259 g/mol. The molecule has 19 heavy (non-hydrogen) atoms. The van der Waals surface area contributed by atoms with Crippen LogP contribution in [0.3, 0.4) is 0 Å². The zero-order valence-electron chi connectivity index (χ0n) is 11.2. The molecule has 0 atom stereocenters. The summed E-state index contributed by atoms with van der Waals surface area (Å²) < 4.78 is 5.11. The Morgan fingerprint density at radius 3 is 2.53 bits per heavy atom. The summed E-state index contributed by atoms with van der Waals surface area (Å²) in [5.74, 6) is 1.96. The van der Waals surface area contributed by atoms with E-state index in [1.54, 1.807) is 13.3 Å². The molecule has 6 nitrogen and oxygen atoms in total. The molecular weight excluding hydrogens is 242 g/mol. The molecular formula is C13H17N5O. The Morgan fingerprint density at radius 2 is 1.89 bits per heavy atom. The van der Waals surface area contributed by atoms with Crippen LogP contribution in [-0.2, 0) is 0 Å². The molecule has 2 rings (SSSR count). The van der Waals surface area contributed by atoms with Crippen molar-refractivity contribution in [3.63, 3.8) is 0 Å². The largest absolute Gasteiger partial charge is 0.497 e. The zero-order chi connectivity index (χ0) is 13.7. The molecule has 0 amide bonds. The van der Waals surface area contributed by atoms with Crippen LogP contribution in [-0.4, -0.2) is 28.3 Å². The van der Waals surface area contributed by atoms with Crippen molar-refractivity contribution in [2.45, 2.75) is 19.9 Å². The highest BCUT2D eigenvalue weighted by atomic mass is 16.5. The summed E-state index contributed by atoms with van der Waals surface area (Å²) in [6, 6.07) is 7.85. The van der Waals surface area contributed by atoms with Gasteiger partial charge in [0.1, 0.15) is 5.75 Å². The van der Waals surface area contributed by atoms with E-state index < -0.39 is 0 Å². The monoisotopic (exact) mass is 259 g/mol. The second kappa shape index (κ2) is 5.99. The van der Waals surface area contributed by atoms with Gasteiger partial charge in [-0.3, -0.25) is 0 Å². The topological polar surface area (TPSA) is 72.0 Å². The lowest BCUT2D eigenvalue weighted by Gasteiger charge is -2.09. The van der Waals surface area contributed by atoms with Crippen molar-refractivity contribution in [3.8, 4) is 5.75 Å². The number of methoxy groups -OCH3 is 1. The number of hydrogen-bond donors (Lipinski definition) is 2. The Hall–Kier alpha value is -2.37. The van der Waals surface area contributed by atoms with Crippen LogP contribution < -0.4 is 15.4 Å². The molecule has 1 heterocycles. The fourth-order valence-electron chi connectivity index (χ4n) is 1.51. The van der Waals surface area contributed by atoms with E-state index in [1.807, 2.05) is 38.1 Å². The predicted octanol–water partition coefficient (Wildman–Crippen LogP) is 2.44. The second-order valence-corrected chi connectivity index (χ2v) is 4.32. The SMILES string of the molecule is COc1ccc(Nc2cnnc(NC(C)C)n2)cc1. The summed E-state index contributed by atoms with van der Waals surface area (Å²) in [6.45, 7) is 4.04. The van der Waals surface area contributed by atoms with E-state index in [4.69, 9.17) is 4.74 Å². The zero-order valence-corrected chi connectivity index (χ0v) is 11.2. The first-order valence-electron chi connectivity index (χ1n) is 6.04. The molecule has 1 aromatic heterocycles. The van der Waals surface area contributed by atoms with Crippen molar-refractivity contribution in [1.82, 2.24) is 15.2 Å². The van der Waals surface area contributed by atoms with E-state index >= 15 is 0 Å². The average Bonchev–Trinajstić information content (AvgIpc) is 2.39. The van der Waals surface area contributed by atoms with Gasteiger partial charge >= 0.3 is 0 Å². The number of rotatable bonds is 5. The summed E-state index contributed by atoms with van der Waals surface area (Å²) in [5.41, 5.74) is 0.914. The van der Waals surface area contributed by atoms with Crippen molar-refractivity contribution >= 4 is 17.5 Å². The van der Waals surface area contributed by atoms with E-state index in [-0.39, 0.29) is 6.04 Å². The van der Waals surface area contributed by atoms with Crippen LogP contribution in [0.2, 0.25) is 0 Å². The van der Waals surface area contributed by atoms with Crippen molar-refractivity contribution in [1.29, 1.82) is 0 Å². The van der Waals surface area contributed by atoms with Crippen LogP contribution in [0, 0.1) is 0 Å². The number of nitrogens with one attached hydrogen (secondary N) is 2. The minimum Gasteiger partial charge on any atom is -0.497 e. The highest BCUT2D eigenvalue weighted by Gasteiger charge is 2.02. The maximum Gasteiger partial charge on any atom is 0.244 e. The molecule has 0 saturated carbocycles. The summed E-state index contributed by atoms with van der Waals surface area (Å²) in [6.07, 6.45) is 1.58. The lowest BCUT2D eigenvalue weighted by molar-refractivity contribution is 0.415. The molecule has 2 aromatic rings. The normalized spacial score (nSPS) is 10.3. The van der Waals surface area contributed by atoms with Gasteiger partial charge in [-0.25, -0.2) is 0 Å². The van der Waals surface area contributed by atoms with Crippen LogP contribution in [0.5, 0.6) is 5.75 Å². The van der Waals surface area contributed by atoms with Gasteiger partial charge in [0.15, 0.2) is 5.82 Å². The standard InChI is InChI=1S/C13H17N5O/c1-9(2)15-13-17-12(8-14-18-13)16-10-4-6-11(19-3)7-5-10/h4-9H,1-3H3,(H2,15,16,17,18). The fourth-order valence-corrected chi connectivity index (χ4v) is 1.51. The minimum atomic E-state index is 0.262. The molecule has 0 aliphatic rings. The maximum absolute atomic E-state index is 5.11. The third-order valence-electron chi connectivity index (χ3n) is 2.34. The van der Waals surface area contributed by atoms with Crippen molar-refractivity contribution in [3.05, 3.63) is 30.5 Å². The van der Waals surface area contributed by atoms with Crippen LogP contribution in [0.1, 0.15) is 13.8 Å². The summed E-state index contributed by atoms with van der Waals surface area (Å²) in [4.78, 5) is 4.32. The molecule has 2 N–H and O–H groups in total. The summed E-state index contributed by atoms with van der Waals surface area (Å²) >= 11 is 0. The van der Waals surface area contributed by atoms with E-state index in [0.717, 1.165) is 11.4 Å². The third-order valence-corrected chi connectivity index (χ3v) is 2.34. The number of ether oxygens (including phenoxy) is 1. The molecule has 0 saturated heterocycles. The third kappa shape index (κ3) is 3.80. The van der Waals surface area contributed by atoms with Gasteiger partial charge in [0.2, 0.25) is 5.95 Å². The van der Waals surface area contributed by atoms with Gasteiger partial charge in [-0.15, -0.1) is 5.10 Å². The van der Waals surface area contributed by atoms with Crippen LogP contribution >= 0.6 is 0 Å². The predicted molar refractivity (Wildman–Crippen MR) is 74.9 cm³/mol.